The molecule has 1 heterocycles. The molecule has 0 saturated heterocycles. The number of H-pyrrole nitrogens is 1. The van der Waals surface area contributed by atoms with Gasteiger partial charge in [0.05, 0.1) is 10.9 Å². The highest BCUT2D eigenvalue weighted by Crippen LogP contribution is 2.20. The number of carbonyl (C=O) groups excluding carboxylic acids is 1. The van der Waals surface area contributed by atoms with E-state index in [0.717, 1.165) is 35.5 Å². The predicted molar refractivity (Wildman–Crippen MR) is 117 cm³/mol. The van der Waals surface area contributed by atoms with Crippen LogP contribution in [0.25, 0.3) is 11.3 Å². The number of rotatable bonds is 9. The first-order valence-corrected chi connectivity index (χ1v) is 10.8. The van der Waals surface area contributed by atoms with E-state index >= 15 is 0 Å². The Hall–Kier alpha value is -2.60. The molecule has 2 aromatic carbocycles. The number of nitrogens with one attached hydrogen (secondary N) is 1. The Morgan fingerprint density at radius 2 is 1.97 bits per heavy atom. The van der Waals surface area contributed by atoms with Gasteiger partial charge < -0.3 is 4.90 Å². The van der Waals surface area contributed by atoms with Gasteiger partial charge in [0, 0.05) is 30.6 Å². The van der Waals surface area contributed by atoms with Crippen LogP contribution in [0.3, 0.4) is 0 Å². The Morgan fingerprint density at radius 1 is 1.17 bits per heavy atom. The van der Waals surface area contributed by atoms with Gasteiger partial charge in [-0.1, -0.05) is 42.5 Å². The van der Waals surface area contributed by atoms with Gasteiger partial charge in [-0.05, 0) is 43.5 Å². The van der Waals surface area contributed by atoms with Gasteiger partial charge in [0.25, 0.3) is 0 Å². The predicted octanol–water partition coefficient (Wildman–Crippen LogP) is 4.93. The molecule has 3 rings (SSSR count). The van der Waals surface area contributed by atoms with Gasteiger partial charge in [0.1, 0.15) is 5.82 Å². The summed E-state index contributed by atoms with van der Waals surface area (Å²) in [5, 5.41) is 7.20. The van der Waals surface area contributed by atoms with Gasteiger partial charge in [-0.15, -0.1) is 11.8 Å². The topological polar surface area (TPSA) is 49.0 Å². The lowest BCUT2D eigenvalue weighted by Crippen LogP contribution is -2.34. The lowest BCUT2D eigenvalue weighted by Gasteiger charge is -2.21. The van der Waals surface area contributed by atoms with Crippen LogP contribution < -0.4 is 0 Å². The molecule has 1 atom stereocenters. The molecule has 0 saturated carbocycles. The summed E-state index contributed by atoms with van der Waals surface area (Å²) in [6.45, 7) is 2.65. The zero-order valence-electron chi connectivity index (χ0n) is 16.8. The molecular formula is C23H26FN3OS. The zero-order valence-corrected chi connectivity index (χ0v) is 17.6. The fraction of sp³-hybridized carbons (Fsp3) is 0.304. The average molecular weight is 412 g/mol. The van der Waals surface area contributed by atoms with Crippen molar-refractivity contribution in [3.8, 4) is 11.3 Å². The molecule has 0 aliphatic heterocycles. The maximum absolute atomic E-state index is 13.4. The van der Waals surface area contributed by atoms with E-state index in [2.05, 4.69) is 22.3 Å². The van der Waals surface area contributed by atoms with Crippen LogP contribution in [0.2, 0.25) is 0 Å². The highest BCUT2D eigenvalue weighted by molar-refractivity contribution is 7.99. The number of aromatic nitrogens is 2. The summed E-state index contributed by atoms with van der Waals surface area (Å²) >= 11 is 1.66. The van der Waals surface area contributed by atoms with Gasteiger partial charge in [0.2, 0.25) is 5.91 Å². The quantitative estimate of drug-likeness (QED) is 0.543. The third-order valence-corrected chi connectivity index (χ3v) is 5.96. The summed E-state index contributed by atoms with van der Waals surface area (Å²) < 4.78 is 13.4. The molecule has 1 N–H and O–H groups in total. The molecule has 1 amide bonds. The number of benzene rings is 2. The lowest BCUT2D eigenvalue weighted by atomic mass is 10.1. The number of halogens is 1. The highest BCUT2D eigenvalue weighted by Gasteiger charge is 2.17. The van der Waals surface area contributed by atoms with E-state index in [-0.39, 0.29) is 17.0 Å². The van der Waals surface area contributed by atoms with E-state index < -0.39 is 0 Å². The van der Waals surface area contributed by atoms with Crippen molar-refractivity contribution in [3.05, 3.63) is 77.7 Å². The zero-order chi connectivity index (χ0) is 20.6. The van der Waals surface area contributed by atoms with Crippen molar-refractivity contribution in [1.82, 2.24) is 15.1 Å². The average Bonchev–Trinajstić information content (AvgIpc) is 3.21. The fourth-order valence-corrected chi connectivity index (χ4v) is 4.04. The van der Waals surface area contributed by atoms with E-state index in [1.165, 1.54) is 17.7 Å². The van der Waals surface area contributed by atoms with Crippen molar-refractivity contribution in [3.63, 3.8) is 0 Å². The smallest absolute Gasteiger partial charge is 0.235 e. The van der Waals surface area contributed by atoms with Crippen LogP contribution in [-0.2, 0) is 17.0 Å². The van der Waals surface area contributed by atoms with E-state index in [4.69, 9.17) is 0 Å². The maximum atomic E-state index is 13.4. The lowest BCUT2D eigenvalue weighted by molar-refractivity contribution is -0.129. The Bertz CT molecular complexity index is 929. The van der Waals surface area contributed by atoms with E-state index in [9.17, 15) is 9.18 Å². The molecule has 3 aromatic rings. The summed E-state index contributed by atoms with van der Waals surface area (Å²) in [7, 11) is 1.85. The molecule has 152 valence electrons. The Morgan fingerprint density at radius 3 is 2.72 bits per heavy atom. The summed E-state index contributed by atoms with van der Waals surface area (Å²) in [5.74, 6) is 0.709. The number of nitrogens with zero attached hydrogens (tertiary/aromatic N) is 2. The van der Waals surface area contributed by atoms with Crippen LogP contribution in [0.15, 0.2) is 60.7 Å². The molecule has 0 radical (unpaired) electrons. The summed E-state index contributed by atoms with van der Waals surface area (Å²) in [6.07, 6.45) is 1.62. The molecule has 0 aliphatic rings. The molecule has 0 bridgehead atoms. The van der Waals surface area contributed by atoms with Crippen LogP contribution in [-0.4, -0.2) is 39.8 Å². The summed E-state index contributed by atoms with van der Waals surface area (Å²) in [6, 6.07) is 18.5. The second-order valence-corrected chi connectivity index (χ2v) is 8.42. The van der Waals surface area contributed by atoms with Crippen LogP contribution in [0.4, 0.5) is 4.39 Å². The van der Waals surface area contributed by atoms with Crippen molar-refractivity contribution in [2.45, 2.75) is 30.8 Å². The molecule has 6 heteroatoms. The molecule has 1 unspecified atom stereocenters. The SMILES string of the molecule is CC(SCc1ccccc1)C(=O)N(C)CCCc1cc(-c2cccc(F)c2)n[nH]1. The van der Waals surface area contributed by atoms with Crippen LogP contribution in [0.5, 0.6) is 0 Å². The van der Waals surface area contributed by atoms with Crippen molar-refractivity contribution >= 4 is 17.7 Å². The molecular weight excluding hydrogens is 385 g/mol. The second kappa shape index (κ2) is 10.3. The van der Waals surface area contributed by atoms with Crippen molar-refractivity contribution in [1.29, 1.82) is 0 Å². The first kappa shape index (κ1) is 21.1. The monoisotopic (exact) mass is 411 g/mol. The Kier molecular flexibility index (Phi) is 7.47. The number of carbonyl (C=O) groups is 1. The Labute approximate surface area is 175 Å². The minimum absolute atomic E-state index is 0.0769. The number of hydrogen-bond donors (Lipinski definition) is 1. The fourth-order valence-electron chi connectivity index (χ4n) is 3.08. The number of hydrogen-bond acceptors (Lipinski definition) is 3. The van der Waals surface area contributed by atoms with Gasteiger partial charge in [-0.25, -0.2) is 4.39 Å². The minimum Gasteiger partial charge on any atom is -0.345 e. The van der Waals surface area contributed by atoms with Crippen molar-refractivity contribution < 1.29 is 9.18 Å². The first-order chi connectivity index (χ1) is 14.0. The van der Waals surface area contributed by atoms with Crippen molar-refractivity contribution in [2.24, 2.45) is 0 Å². The third-order valence-electron chi connectivity index (χ3n) is 4.76. The van der Waals surface area contributed by atoms with E-state index in [1.807, 2.05) is 44.3 Å². The number of thioether (sulfide) groups is 1. The second-order valence-electron chi connectivity index (χ2n) is 7.09. The minimum atomic E-state index is -0.272. The van der Waals surface area contributed by atoms with Gasteiger partial charge in [-0.3, -0.25) is 9.89 Å². The highest BCUT2D eigenvalue weighted by atomic mass is 32.2. The number of aryl methyl sites for hydroxylation is 1. The Balaban J connectivity index is 1.43. The number of aromatic amines is 1. The van der Waals surface area contributed by atoms with Gasteiger partial charge in [-0.2, -0.15) is 5.10 Å². The van der Waals surface area contributed by atoms with Crippen LogP contribution >= 0.6 is 11.8 Å². The van der Waals surface area contributed by atoms with Crippen LogP contribution in [0, 0.1) is 5.82 Å². The summed E-state index contributed by atoms with van der Waals surface area (Å²) in [4.78, 5) is 14.4. The number of amides is 1. The van der Waals surface area contributed by atoms with Crippen LogP contribution in [0.1, 0.15) is 24.6 Å². The largest absolute Gasteiger partial charge is 0.345 e. The van der Waals surface area contributed by atoms with E-state index in [1.54, 1.807) is 22.7 Å². The van der Waals surface area contributed by atoms with Gasteiger partial charge >= 0.3 is 0 Å². The van der Waals surface area contributed by atoms with Crippen molar-refractivity contribution in [2.75, 3.05) is 13.6 Å². The standard InChI is InChI=1S/C23H26FN3OS/c1-17(29-16-18-8-4-3-5-9-18)23(28)27(2)13-7-12-21-15-22(26-25-21)19-10-6-11-20(24)14-19/h3-6,8-11,14-15,17H,7,12-13,16H2,1-2H3,(H,25,26). The summed E-state index contributed by atoms with van der Waals surface area (Å²) in [5.41, 5.74) is 3.70. The first-order valence-electron chi connectivity index (χ1n) is 9.73. The molecule has 29 heavy (non-hydrogen) atoms. The molecule has 4 nitrogen and oxygen atoms in total. The molecule has 0 spiro atoms. The van der Waals surface area contributed by atoms with Gasteiger partial charge in [0.15, 0.2) is 0 Å². The molecule has 0 fully saturated rings. The van der Waals surface area contributed by atoms with E-state index in [0.29, 0.717) is 6.54 Å². The third kappa shape index (κ3) is 6.19. The normalized spacial score (nSPS) is 12.0. The molecule has 0 aliphatic carbocycles. The molecule has 1 aromatic heterocycles. The maximum Gasteiger partial charge on any atom is 0.235 e.